The highest BCUT2D eigenvalue weighted by atomic mass is 16.5. The van der Waals surface area contributed by atoms with Crippen LogP contribution in [0.15, 0.2) is 48.5 Å². The van der Waals surface area contributed by atoms with E-state index in [1.165, 1.54) is 0 Å². The molecule has 0 saturated heterocycles. The van der Waals surface area contributed by atoms with Crippen molar-refractivity contribution in [1.82, 2.24) is 15.4 Å². The molecule has 26 heavy (non-hydrogen) atoms. The fourth-order valence-corrected chi connectivity index (χ4v) is 2.54. The van der Waals surface area contributed by atoms with Gasteiger partial charge in [-0.3, -0.25) is 10.0 Å². The number of aryl methyl sites for hydroxylation is 1. The molecule has 1 amide bonds. The number of hydrogen-bond donors (Lipinski definition) is 3. The van der Waals surface area contributed by atoms with E-state index in [1.54, 1.807) is 5.48 Å². The summed E-state index contributed by atoms with van der Waals surface area (Å²) in [6.45, 7) is 2.27. The van der Waals surface area contributed by atoms with E-state index in [4.69, 9.17) is 9.94 Å². The Hall–Kier alpha value is -3.19. The summed E-state index contributed by atoms with van der Waals surface area (Å²) < 4.78 is 5.58. The van der Waals surface area contributed by atoms with Gasteiger partial charge in [0.1, 0.15) is 17.4 Å². The standard InChI is InChI=1S/C19H20N4O3/c1-13-20-17-6-3-2-5-16(17)19(21-13)22-14-8-10-15(11-9-14)26-12-4-7-18(24)23-25/h2-3,5-6,8-11,25H,4,7,12H2,1H3,(H,23,24)(H,20,21,22). The van der Waals surface area contributed by atoms with Gasteiger partial charge in [0.2, 0.25) is 5.91 Å². The number of anilines is 2. The monoisotopic (exact) mass is 352 g/mol. The molecule has 3 N–H and O–H groups in total. The minimum Gasteiger partial charge on any atom is -0.494 e. The van der Waals surface area contributed by atoms with Gasteiger partial charge in [0, 0.05) is 17.5 Å². The molecule has 0 fully saturated rings. The van der Waals surface area contributed by atoms with Gasteiger partial charge in [-0.25, -0.2) is 15.4 Å². The molecule has 1 heterocycles. The summed E-state index contributed by atoms with van der Waals surface area (Å²) in [5.41, 5.74) is 3.38. The van der Waals surface area contributed by atoms with Crippen molar-refractivity contribution >= 4 is 28.3 Å². The summed E-state index contributed by atoms with van der Waals surface area (Å²) >= 11 is 0. The highest BCUT2D eigenvalue weighted by Crippen LogP contribution is 2.25. The number of benzene rings is 2. The summed E-state index contributed by atoms with van der Waals surface area (Å²) in [6.07, 6.45) is 0.745. The van der Waals surface area contributed by atoms with Crippen molar-refractivity contribution in [2.75, 3.05) is 11.9 Å². The molecular formula is C19H20N4O3. The predicted molar refractivity (Wildman–Crippen MR) is 98.7 cm³/mol. The molecule has 0 atom stereocenters. The van der Waals surface area contributed by atoms with Crippen molar-refractivity contribution in [2.24, 2.45) is 0 Å². The van der Waals surface area contributed by atoms with E-state index in [2.05, 4.69) is 15.3 Å². The molecule has 0 saturated carbocycles. The second kappa shape index (κ2) is 8.26. The second-order valence-corrected chi connectivity index (χ2v) is 5.77. The molecule has 1 aromatic heterocycles. The molecule has 0 unspecified atom stereocenters. The average molecular weight is 352 g/mol. The zero-order chi connectivity index (χ0) is 18.4. The van der Waals surface area contributed by atoms with E-state index in [0.29, 0.717) is 24.6 Å². The topological polar surface area (TPSA) is 96.4 Å². The van der Waals surface area contributed by atoms with Crippen molar-refractivity contribution < 1.29 is 14.7 Å². The van der Waals surface area contributed by atoms with E-state index in [-0.39, 0.29) is 6.42 Å². The van der Waals surface area contributed by atoms with Crippen LogP contribution in [-0.2, 0) is 4.79 Å². The maximum absolute atomic E-state index is 10.9. The van der Waals surface area contributed by atoms with E-state index in [9.17, 15) is 4.79 Å². The number of fused-ring (bicyclic) bond motifs is 1. The molecule has 3 rings (SSSR count). The Balaban J connectivity index is 1.64. The highest BCUT2D eigenvalue weighted by molar-refractivity contribution is 5.90. The van der Waals surface area contributed by atoms with E-state index in [0.717, 1.165) is 22.4 Å². The lowest BCUT2D eigenvalue weighted by Crippen LogP contribution is -2.18. The van der Waals surface area contributed by atoms with Gasteiger partial charge in [-0.15, -0.1) is 0 Å². The molecule has 0 bridgehead atoms. The molecule has 7 heteroatoms. The summed E-state index contributed by atoms with van der Waals surface area (Å²) in [4.78, 5) is 19.9. The first-order valence-electron chi connectivity index (χ1n) is 8.32. The van der Waals surface area contributed by atoms with Gasteiger partial charge in [0.25, 0.3) is 0 Å². The third kappa shape index (κ3) is 4.46. The predicted octanol–water partition coefficient (Wildman–Crippen LogP) is 3.35. The Labute approximate surface area is 151 Å². The van der Waals surface area contributed by atoms with E-state index >= 15 is 0 Å². The van der Waals surface area contributed by atoms with Crippen LogP contribution < -0.4 is 15.5 Å². The minimum absolute atomic E-state index is 0.219. The summed E-state index contributed by atoms with van der Waals surface area (Å²) in [7, 11) is 0. The van der Waals surface area contributed by atoms with E-state index < -0.39 is 5.91 Å². The number of para-hydroxylation sites is 1. The van der Waals surface area contributed by atoms with Gasteiger partial charge in [-0.2, -0.15) is 0 Å². The molecular weight excluding hydrogens is 332 g/mol. The van der Waals surface area contributed by atoms with Gasteiger partial charge in [-0.05, 0) is 49.7 Å². The Morgan fingerprint density at radius 2 is 1.88 bits per heavy atom. The van der Waals surface area contributed by atoms with Crippen molar-refractivity contribution in [3.63, 3.8) is 0 Å². The molecule has 0 spiro atoms. The number of amides is 1. The van der Waals surface area contributed by atoms with Crippen molar-refractivity contribution in [1.29, 1.82) is 0 Å². The number of nitrogens with zero attached hydrogens (tertiary/aromatic N) is 2. The molecule has 7 nitrogen and oxygen atoms in total. The lowest BCUT2D eigenvalue weighted by atomic mass is 10.2. The molecule has 134 valence electrons. The minimum atomic E-state index is -0.416. The van der Waals surface area contributed by atoms with Crippen LogP contribution in [0.2, 0.25) is 0 Å². The van der Waals surface area contributed by atoms with Crippen LogP contribution in [-0.4, -0.2) is 27.7 Å². The number of rotatable bonds is 7. The van der Waals surface area contributed by atoms with Crippen molar-refractivity contribution in [2.45, 2.75) is 19.8 Å². The average Bonchev–Trinajstić information content (AvgIpc) is 2.66. The number of carbonyl (C=O) groups excluding carboxylic acids is 1. The second-order valence-electron chi connectivity index (χ2n) is 5.77. The maximum Gasteiger partial charge on any atom is 0.243 e. The quantitative estimate of drug-likeness (QED) is 0.343. The molecule has 2 aromatic carbocycles. The Bertz CT molecular complexity index is 897. The number of hydroxylamine groups is 1. The number of hydrogen-bond acceptors (Lipinski definition) is 6. The lowest BCUT2D eigenvalue weighted by Gasteiger charge is -2.11. The van der Waals surface area contributed by atoms with Crippen LogP contribution in [0.1, 0.15) is 18.7 Å². The fraction of sp³-hybridized carbons (Fsp3) is 0.211. The van der Waals surface area contributed by atoms with Gasteiger partial charge in [-0.1, -0.05) is 12.1 Å². The van der Waals surface area contributed by atoms with Crippen LogP contribution in [0.3, 0.4) is 0 Å². The smallest absolute Gasteiger partial charge is 0.243 e. The van der Waals surface area contributed by atoms with Gasteiger partial charge < -0.3 is 10.1 Å². The Morgan fingerprint density at radius 3 is 2.65 bits per heavy atom. The molecule has 3 aromatic rings. The fourth-order valence-electron chi connectivity index (χ4n) is 2.54. The number of ether oxygens (including phenoxy) is 1. The van der Waals surface area contributed by atoms with Gasteiger partial charge in [0.05, 0.1) is 12.1 Å². The maximum atomic E-state index is 10.9. The number of aromatic nitrogens is 2. The third-order valence-corrected chi connectivity index (χ3v) is 3.77. The number of carbonyl (C=O) groups is 1. The largest absolute Gasteiger partial charge is 0.494 e. The van der Waals surface area contributed by atoms with Gasteiger partial charge >= 0.3 is 0 Å². The zero-order valence-corrected chi connectivity index (χ0v) is 14.4. The summed E-state index contributed by atoms with van der Waals surface area (Å²) in [5.74, 6) is 1.76. The molecule has 0 aliphatic heterocycles. The molecule has 0 aliphatic carbocycles. The SMILES string of the molecule is Cc1nc(Nc2ccc(OCCCC(=O)NO)cc2)c2ccccc2n1. The molecule has 0 aliphatic rings. The normalized spacial score (nSPS) is 10.5. The Kier molecular flexibility index (Phi) is 5.60. The first kappa shape index (κ1) is 17.6. The third-order valence-electron chi connectivity index (χ3n) is 3.77. The van der Waals surface area contributed by atoms with Crippen molar-refractivity contribution in [3.05, 3.63) is 54.4 Å². The van der Waals surface area contributed by atoms with E-state index in [1.807, 2.05) is 55.5 Å². The van der Waals surface area contributed by atoms with Crippen LogP contribution in [0, 0.1) is 6.92 Å². The van der Waals surface area contributed by atoms with Crippen molar-refractivity contribution in [3.8, 4) is 5.75 Å². The van der Waals surface area contributed by atoms with Crippen LogP contribution >= 0.6 is 0 Å². The highest BCUT2D eigenvalue weighted by Gasteiger charge is 2.06. The molecule has 0 radical (unpaired) electrons. The first-order valence-corrected chi connectivity index (χ1v) is 8.32. The lowest BCUT2D eigenvalue weighted by molar-refractivity contribution is -0.129. The summed E-state index contributed by atoms with van der Waals surface area (Å²) in [5, 5.41) is 12.7. The number of nitrogens with one attached hydrogen (secondary N) is 2. The van der Waals surface area contributed by atoms with Crippen LogP contribution in [0.4, 0.5) is 11.5 Å². The van der Waals surface area contributed by atoms with Gasteiger partial charge in [0.15, 0.2) is 0 Å². The van der Waals surface area contributed by atoms with Crippen LogP contribution in [0.5, 0.6) is 5.75 Å². The Morgan fingerprint density at radius 1 is 1.12 bits per heavy atom. The summed E-state index contributed by atoms with van der Waals surface area (Å²) in [6, 6.07) is 15.4. The zero-order valence-electron chi connectivity index (χ0n) is 14.4. The van der Waals surface area contributed by atoms with Crippen LogP contribution in [0.25, 0.3) is 10.9 Å². The first-order chi connectivity index (χ1) is 12.7.